The van der Waals surface area contributed by atoms with E-state index >= 15 is 0 Å². The van der Waals surface area contributed by atoms with Crippen LogP contribution in [-0.4, -0.2) is 10.9 Å². The molecule has 1 atom stereocenters. The Morgan fingerprint density at radius 3 is 2.55 bits per heavy atom. The van der Waals surface area contributed by atoms with E-state index in [9.17, 15) is 9.59 Å². The van der Waals surface area contributed by atoms with E-state index < -0.39 is 6.04 Å². The van der Waals surface area contributed by atoms with Crippen molar-refractivity contribution in [2.45, 2.75) is 13.0 Å². The van der Waals surface area contributed by atoms with Crippen LogP contribution in [0.25, 0.3) is 11.0 Å². The molecule has 2 aromatic carbocycles. The van der Waals surface area contributed by atoms with Crippen LogP contribution in [0, 0.1) is 6.92 Å². The zero-order valence-electron chi connectivity index (χ0n) is 15.4. The molecule has 2 aromatic heterocycles. The fraction of sp³-hybridized carbons (Fsp3) is 0.0870. The van der Waals surface area contributed by atoms with E-state index in [0.29, 0.717) is 22.4 Å². The Balaban J connectivity index is 1.83. The maximum atomic E-state index is 13.5. The third kappa shape index (κ3) is 2.79. The molecule has 0 fully saturated rings. The fourth-order valence-electron chi connectivity index (χ4n) is 3.78. The van der Waals surface area contributed by atoms with Gasteiger partial charge < -0.3 is 4.42 Å². The summed E-state index contributed by atoms with van der Waals surface area (Å²) in [6.07, 6.45) is 1.62. The third-order valence-corrected chi connectivity index (χ3v) is 5.64. The highest BCUT2D eigenvalue weighted by atomic mass is 79.9. The fourth-order valence-corrected chi connectivity index (χ4v) is 4.04. The molecule has 4 aromatic rings. The molecule has 3 heterocycles. The standard InChI is InChI=1S/C23H15BrN2O3/c1-13-5-10-17-16(12-13)21(27)19-20(14-6-8-15(24)9-7-14)26(23(28)22(19)29-17)18-4-2-3-11-25-18/h2-12,20H,1H3. The van der Waals surface area contributed by atoms with Crippen LogP contribution < -0.4 is 10.3 Å². The van der Waals surface area contributed by atoms with E-state index in [4.69, 9.17) is 4.42 Å². The van der Waals surface area contributed by atoms with Crippen molar-refractivity contribution < 1.29 is 9.21 Å². The van der Waals surface area contributed by atoms with Crippen LogP contribution in [0.3, 0.4) is 0 Å². The van der Waals surface area contributed by atoms with Gasteiger partial charge in [-0.15, -0.1) is 0 Å². The minimum Gasteiger partial charge on any atom is -0.450 e. The van der Waals surface area contributed by atoms with E-state index in [1.165, 1.54) is 4.90 Å². The highest BCUT2D eigenvalue weighted by Crippen LogP contribution is 2.40. The number of pyridine rings is 1. The first-order chi connectivity index (χ1) is 14.0. The summed E-state index contributed by atoms with van der Waals surface area (Å²) >= 11 is 3.44. The van der Waals surface area contributed by atoms with Crippen molar-refractivity contribution in [2.75, 3.05) is 4.90 Å². The molecule has 0 aliphatic carbocycles. The van der Waals surface area contributed by atoms with Gasteiger partial charge in [0, 0.05) is 10.7 Å². The summed E-state index contributed by atoms with van der Waals surface area (Å²) in [4.78, 5) is 32.7. The second-order valence-electron chi connectivity index (χ2n) is 6.99. The van der Waals surface area contributed by atoms with Crippen LogP contribution in [0.2, 0.25) is 0 Å². The lowest BCUT2D eigenvalue weighted by molar-refractivity contribution is 0.0970. The van der Waals surface area contributed by atoms with Crippen molar-refractivity contribution in [1.29, 1.82) is 0 Å². The zero-order valence-corrected chi connectivity index (χ0v) is 17.0. The van der Waals surface area contributed by atoms with Crippen LogP contribution in [0.4, 0.5) is 5.82 Å². The number of nitrogens with zero attached hydrogens (tertiary/aromatic N) is 2. The number of amides is 1. The second-order valence-corrected chi connectivity index (χ2v) is 7.91. The molecule has 0 saturated carbocycles. The maximum absolute atomic E-state index is 13.5. The number of aryl methyl sites for hydroxylation is 1. The van der Waals surface area contributed by atoms with Gasteiger partial charge in [0.25, 0.3) is 5.91 Å². The molecule has 1 unspecified atom stereocenters. The molecular weight excluding hydrogens is 432 g/mol. The minimum atomic E-state index is -0.610. The SMILES string of the molecule is Cc1ccc2oc3c(c(=O)c2c1)C(c1ccc(Br)cc1)N(c1ccccn1)C3=O. The van der Waals surface area contributed by atoms with Crippen molar-refractivity contribution >= 4 is 38.6 Å². The summed E-state index contributed by atoms with van der Waals surface area (Å²) in [5.74, 6) is 0.174. The molecule has 142 valence electrons. The lowest BCUT2D eigenvalue weighted by Gasteiger charge is -2.24. The van der Waals surface area contributed by atoms with Crippen LogP contribution in [0.5, 0.6) is 0 Å². The number of aromatic nitrogens is 1. The summed E-state index contributed by atoms with van der Waals surface area (Å²) in [5.41, 5.74) is 2.33. The number of fused-ring (bicyclic) bond motifs is 2. The number of rotatable bonds is 2. The van der Waals surface area contributed by atoms with Crippen LogP contribution in [-0.2, 0) is 0 Å². The van der Waals surface area contributed by atoms with Gasteiger partial charge in [-0.3, -0.25) is 14.5 Å². The number of halogens is 1. The van der Waals surface area contributed by atoms with Gasteiger partial charge in [-0.2, -0.15) is 0 Å². The maximum Gasteiger partial charge on any atom is 0.296 e. The first-order valence-electron chi connectivity index (χ1n) is 9.12. The summed E-state index contributed by atoms with van der Waals surface area (Å²) in [7, 11) is 0. The van der Waals surface area contributed by atoms with Crippen molar-refractivity contribution in [3.8, 4) is 0 Å². The summed E-state index contributed by atoms with van der Waals surface area (Å²) in [6.45, 7) is 1.92. The summed E-state index contributed by atoms with van der Waals surface area (Å²) < 4.78 is 6.86. The largest absolute Gasteiger partial charge is 0.450 e. The smallest absolute Gasteiger partial charge is 0.296 e. The molecule has 1 aliphatic heterocycles. The predicted octanol–water partition coefficient (Wildman–Crippen LogP) is 5.01. The van der Waals surface area contributed by atoms with Gasteiger partial charge in [-0.05, 0) is 48.9 Å². The van der Waals surface area contributed by atoms with E-state index in [1.54, 1.807) is 30.5 Å². The summed E-state index contributed by atoms with van der Waals surface area (Å²) in [6, 6.07) is 17.7. The van der Waals surface area contributed by atoms with Crippen molar-refractivity contribution in [1.82, 2.24) is 4.98 Å². The first-order valence-corrected chi connectivity index (χ1v) is 9.91. The normalized spacial score (nSPS) is 15.7. The topological polar surface area (TPSA) is 63.4 Å². The van der Waals surface area contributed by atoms with Crippen molar-refractivity contribution in [3.63, 3.8) is 0 Å². The molecule has 5 nitrogen and oxygen atoms in total. The van der Waals surface area contributed by atoms with Gasteiger partial charge in [-0.1, -0.05) is 45.8 Å². The number of carbonyl (C=O) groups is 1. The molecular formula is C23H15BrN2O3. The van der Waals surface area contributed by atoms with Gasteiger partial charge in [-0.25, -0.2) is 4.98 Å². The average molecular weight is 447 g/mol. The van der Waals surface area contributed by atoms with Gasteiger partial charge in [0.05, 0.1) is 17.0 Å². The van der Waals surface area contributed by atoms with E-state index in [0.717, 1.165) is 15.6 Å². The average Bonchev–Trinajstić information content (AvgIpc) is 3.03. The quantitative estimate of drug-likeness (QED) is 0.434. The molecule has 1 amide bonds. The number of hydrogen-bond acceptors (Lipinski definition) is 4. The number of hydrogen-bond donors (Lipinski definition) is 0. The number of benzene rings is 2. The Hall–Kier alpha value is -3.25. The molecule has 0 saturated heterocycles. The Labute approximate surface area is 174 Å². The molecule has 0 spiro atoms. The highest BCUT2D eigenvalue weighted by molar-refractivity contribution is 9.10. The molecule has 0 bridgehead atoms. The Kier molecular flexibility index (Phi) is 4.10. The minimum absolute atomic E-state index is 0.0740. The van der Waals surface area contributed by atoms with E-state index in [2.05, 4.69) is 20.9 Å². The Morgan fingerprint density at radius 1 is 1.03 bits per heavy atom. The molecule has 0 radical (unpaired) electrons. The van der Waals surface area contributed by atoms with Crippen LogP contribution >= 0.6 is 15.9 Å². The van der Waals surface area contributed by atoms with E-state index in [-0.39, 0.29) is 17.1 Å². The molecule has 0 N–H and O–H groups in total. The van der Waals surface area contributed by atoms with Gasteiger partial charge in [0.15, 0.2) is 5.43 Å². The summed E-state index contributed by atoms with van der Waals surface area (Å²) in [5, 5.41) is 0.474. The van der Waals surface area contributed by atoms with E-state index in [1.807, 2.05) is 43.3 Å². The van der Waals surface area contributed by atoms with Crippen LogP contribution in [0.15, 0.2) is 80.5 Å². The van der Waals surface area contributed by atoms with Crippen molar-refractivity contribution in [3.05, 3.63) is 104 Å². The monoisotopic (exact) mass is 446 g/mol. The van der Waals surface area contributed by atoms with Gasteiger partial charge in [0.1, 0.15) is 11.4 Å². The highest BCUT2D eigenvalue weighted by Gasteiger charge is 2.44. The predicted molar refractivity (Wildman–Crippen MR) is 114 cm³/mol. The molecule has 5 rings (SSSR count). The number of carbonyl (C=O) groups excluding carboxylic acids is 1. The third-order valence-electron chi connectivity index (χ3n) is 5.11. The zero-order chi connectivity index (χ0) is 20.1. The molecule has 29 heavy (non-hydrogen) atoms. The second kappa shape index (κ2) is 6.67. The van der Waals surface area contributed by atoms with Crippen molar-refractivity contribution in [2.24, 2.45) is 0 Å². The van der Waals surface area contributed by atoms with Crippen LogP contribution in [0.1, 0.15) is 33.3 Å². The Bertz CT molecular complexity index is 1310. The lowest BCUT2D eigenvalue weighted by Crippen LogP contribution is -2.30. The van der Waals surface area contributed by atoms with Gasteiger partial charge in [0.2, 0.25) is 5.76 Å². The first kappa shape index (κ1) is 17.8. The Morgan fingerprint density at radius 2 is 1.83 bits per heavy atom. The molecule has 6 heteroatoms. The lowest BCUT2D eigenvalue weighted by atomic mass is 9.98. The molecule has 1 aliphatic rings. The number of anilines is 1. The van der Waals surface area contributed by atoms with Gasteiger partial charge >= 0.3 is 0 Å².